The average molecular weight is 171 g/mol. The van der Waals surface area contributed by atoms with Crippen LogP contribution in [0.15, 0.2) is 12.1 Å². The Kier molecular flexibility index (Phi) is 2.43. The van der Waals surface area contributed by atoms with Gasteiger partial charge in [-0.15, -0.1) is 0 Å². The van der Waals surface area contributed by atoms with Crippen molar-refractivity contribution in [2.24, 2.45) is 5.73 Å². The monoisotopic (exact) mass is 171 g/mol. The van der Waals surface area contributed by atoms with E-state index in [1.807, 2.05) is 0 Å². The third kappa shape index (κ3) is 1.61. The van der Waals surface area contributed by atoms with Gasteiger partial charge in [0.1, 0.15) is 11.6 Å². The highest BCUT2D eigenvalue weighted by Gasteiger charge is 2.09. The van der Waals surface area contributed by atoms with Crippen LogP contribution in [0.1, 0.15) is 24.1 Å². The Morgan fingerprint density at radius 3 is 2.42 bits per heavy atom. The highest BCUT2D eigenvalue weighted by Crippen LogP contribution is 2.19. The van der Waals surface area contributed by atoms with Gasteiger partial charge in [0.25, 0.3) is 0 Å². The summed E-state index contributed by atoms with van der Waals surface area (Å²) in [5.41, 5.74) is 6.46. The Morgan fingerprint density at radius 2 is 1.92 bits per heavy atom. The van der Waals surface area contributed by atoms with Gasteiger partial charge in [-0.1, -0.05) is 0 Å². The van der Waals surface area contributed by atoms with E-state index in [2.05, 4.69) is 0 Å². The van der Waals surface area contributed by atoms with E-state index in [0.29, 0.717) is 11.1 Å². The van der Waals surface area contributed by atoms with Crippen molar-refractivity contribution in [3.05, 3.63) is 34.9 Å². The summed E-state index contributed by atoms with van der Waals surface area (Å²) in [5, 5.41) is 0. The molecule has 0 saturated carbocycles. The molecule has 1 rings (SSSR count). The van der Waals surface area contributed by atoms with Crippen LogP contribution in [0.25, 0.3) is 0 Å². The predicted octanol–water partition coefficient (Wildman–Crippen LogP) is 2.29. The van der Waals surface area contributed by atoms with E-state index in [4.69, 9.17) is 5.73 Å². The molecule has 3 heteroatoms. The normalized spacial score (nSPS) is 13.1. The van der Waals surface area contributed by atoms with Gasteiger partial charge >= 0.3 is 0 Å². The van der Waals surface area contributed by atoms with Gasteiger partial charge in [0, 0.05) is 12.1 Å². The summed E-state index contributed by atoms with van der Waals surface area (Å²) in [6, 6.07) is 1.79. The van der Waals surface area contributed by atoms with Gasteiger partial charge in [0.05, 0.1) is 0 Å². The Balaban J connectivity index is 3.28. The van der Waals surface area contributed by atoms with Crippen molar-refractivity contribution in [2.45, 2.75) is 19.9 Å². The van der Waals surface area contributed by atoms with E-state index in [1.54, 1.807) is 13.8 Å². The van der Waals surface area contributed by atoms with Crippen LogP contribution >= 0.6 is 0 Å². The molecule has 1 unspecified atom stereocenters. The average Bonchev–Trinajstić information content (AvgIpc) is 1.96. The molecule has 0 bridgehead atoms. The highest BCUT2D eigenvalue weighted by molar-refractivity contribution is 5.30. The van der Waals surface area contributed by atoms with Crippen molar-refractivity contribution in [3.8, 4) is 0 Å². The van der Waals surface area contributed by atoms with Crippen molar-refractivity contribution in [1.82, 2.24) is 0 Å². The van der Waals surface area contributed by atoms with E-state index in [9.17, 15) is 8.78 Å². The first-order valence-electron chi connectivity index (χ1n) is 3.73. The van der Waals surface area contributed by atoms with E-state index in [-0.39, 0.29) is 6.04 Å². The van der Waals surface area contributed by atoms with Crippen LogP contribution in [0.3, 0.4) is 0 Å². The minimum absolute atomic E-state index is 0.338. The van der Waals surface area contributed by atoms with Gasteiger partial charge in [0.15, 0.2) is 0 Å². The molecule has 0 radical (unpaired) electrons. The van der Waals surface area contributed by atoms with Gasteiger partial charge < -0.3 is 5.73 Å². The lowest BCUT2D eigenvalue weighted by atomic mass is 10.0. The minimum atomic E-state index is -0.578. The quantitative estimate of drug-likeness (QED) is 0.689. The van der Waals surface area contributed by atoms with Crippen LogP contribution in [0.2, 0.25) is 0 Å². The third-order valence-electron chi connectivity index (χ3n) is 1.84. The maximum Gasteiger partial charge on any atom is 0.129 e. The molecule has 1 atom stereocenters. The Labute approximate surface area is 70.2 Å². The lowest BCUT2D eigenvalue weighted by Gasteiger charge is -2.09. The molecule has 1 aromatic carbocycles. The zero-order valence-electron chi connectivity index (χ0n) is 7.07. The molecular weight excluding hydrogens is 160 g/mol. The van der Waals surface area contributed by atoms with E-state index >= 15 is 0 Å². The van der Waals surface area contributed by atoms with Gasteiger partial charge in [-0.25, -0.2) is 8.78 Å². The second-order valence-electron chi connectivity index (χ2n) is 2.89. The van der Waals surface area contributed by atoms with Crippen LogP contribution in [0.5, 0.6) is 0 Å². The fraction of sp³-hybridized carbons (Fsp3) is 0.333. The number of rotatable bonds is 1. The fourth-order valence-corrected chi connectivity index (χ4v) is 1.14. The highest BCUT2D eigenvalue weighted by atomic mass is 19.1. The smallest absolute Gasteiger partial charge is 0.129 e. The van der Waals surface area contributed by atoms with Crippen molar-refractivity contribution >= 4 is 0 Å². The van der Waals surface area contributed by atoms with Crippen molar-refractivity contribution in [2.75, 3.05) is 0 Å². The molecule has 1 aromatic rings. The molecule has 1 nitrogen and oxygen atoms in total. The summed E-state index contributed by atoms with van der Waals surface area (Å²) in [5.74, 6) is -1.12. The van der Waals surface area contributed by atoms with Crippen LogP contribution < -0.4 is 5.73 Å². The second kappa shape index (κ2) is 3.19. The zero-order chi connectivity index (χ0) is 9.30. The second-order valence-corrected chi connectivity index (χ2v) is 2.89. The molecular formula is C9H11F2N. The maximum atomic E-state index is 12.9. The molecule has 0 aliphatic rings. The largest absolute Gasteiger partial charge is 0.324 e. The lowest BCUT2D eigenvalue weighted by Crippen LogP contribution is -2.08. The number of nitrogens with two attached hydrogens (primary N) is 1. The van der Waals surface area contributed by atoms with E-state index in [0.717, 1.165) is 6.07 Å². The van der Waals surface area contributed by atoms with E-state index < -0.39 is 11.6 Å². The molecule has 0 amide bonds. The predicted molar refractivity (Wildman–Crippen MR) is 43.7 cm³/mol. The summed E-state index contributed by atoms with van der Waals surface area (Å²) in [6.45, 7) is 3.29. The van der Waals surface area contributed by atoms with Crippen LogP contribution in [-0.2, 0) is 0 Å². The molecule has 0 fully saturated rings. The third-order valence-corrected chi connectivity index (χ3v) is 1.84. The first-order valence-corrected chi connectivity index (χ1v) is 3.73. The Bertz CT molecular complexity index is 295. The number of hydrogen-bond acceptors (Lipinski definition) is 1. The van der Waals surface area contributed by atoms with Gasteiger partial charge in [-0.3, -0.25) is 0 Å². The summed E-state index contributed by atoms with van der Waals surface area (Å²) in [4.78, 5) is 0. The summed E-state index contributed by atoms with van der Waals surface area (Å²) < 4.78 is 25.6. The van der Waals surface area contributed by atoms with Crippen molar-refractivity contribution in [1.29, 1.82) is 0 Å². The first kappa shape index (κ1) is 9.13. The molecule has 0 heterocycles. The summed E-state index contributed by atoms with van der Waals surface area (Å²) in [6.07, 6.45) is 0. The molecule has 0 aliphatic carbocycles. The molecule has 2 N–H and O–H groups in total. The topological polar surface area (TPSA) is 26.0 Å². The van der Waals surface area contributed by atoms with Crippen LogP contribution in [0.4, 0.5) is 8.78 Å². The molecule has 0 spiro atoms. The first-order chi connectivity index (χ1) is 5.52. The minimum Gasteiger partial charge on any atom is -0.324 e. The molecule has 12 heavy (non-hydrogen) atoms. The van der Waals surface area contributed by atoms with Crippen molar-refractivity contribution in [3.63, 3.8) is 0 Å². The summed E-state index contributed by atoms with van der Waals surface area (Å²) >= 11 is 0. The molecule has 0 aromatic heterocycles. The van der Waals surface area contributed by atoms with Gasteiger partial charge in [0.2, 0.25) is 0 Å². The fourth-order valence-electron chi connectivity index (χ4n) is 1.14. The molecule has 0 aliphatic heterocycles. The summed E-state index contributed by atoms with van der Waals surface area (Å²) in [7, 11) is 0. The SMILES string of the molecule is Cc1c(F)cc(F)cc1C(C)N. The van der Waals surface area contributed by atoms with E-state index in [1.165, 1.54) is 6.07 Å². The Morgan fingerprint density at radius 1 is 1.33 bits per heavy atom. The van der Waals surface area contributed by atoms with Crippen LogP contribution in [-0.4, -0.2) is 0 Å². The lowest BCUT2D eigenvalue weighted by molar-refractivity contribution is 0.569. The standard InChI is InChI=1S/C9H11F2N/c1-5-8(6(2)12)3-7(10)4-9(5)11/h3-4,6H,12H2,1-2H3. The number of halogens is 2. The Hall–Kier alpha value is -0.960. The molecule has 66 valence electrons. The molecule has 0 saturated heterocycles. The number of benzene rings is 1. The van der Waals surface area contributed by atoms with Crippen LogP contribution in [0, 0.1) is 18.6 Å². The van der Waals surface area contributed by atoms with Gasteiger partial charge in [-0.2, -0.15) is 0 Å². The number of hydrogen-bond donors (Lipinski definition) is 1. The maximum absolute atomic E-state index is 12.9. The van der Waals surface area contributed by atoms with Gasteiger partial charge in [-0.05, 0) is 31.0 Å². The van der Waals surface area contributed by atoms with Crippen molar-refractivity contribution < 1.29 is 8.78 Å². The zero-order valence-corrected chi connectivity index (χ0v) is 7.07.